The highest BCUT2D eigenvalue weighted by Gasteiger charge is 2.22. The Hall–Kier alpha value is -4.34. The molecule has 0 unspecified atom stereocenters. The molecule has 0 spiro atoms. The lowest BCUT2D eigenvalue weighted by molar-refractivity contribution is 0.450. The molecule has 42 heavy (non-hydrogen) atoms. The van der Waals surface area contributed by atoms with Crippen molar-refractivity contribution in [3.63, 3.8) is 0 Å². The van der Waals surface area contributed by atoms with Crippen LogP contribution < -0.4 is 11.2 Å². The molecule has 0 radical (unpaired) electrons. The van der Waals surface area contributed by atoms with Crippen LogP contribution in [0.4, 0.5) is 0 Å². The van der Waals surface area contributed by atoms with E-state index in [1.165, 1.54) is 4.57 Å². The van der Waals surface area contributed by atoms with Gasteiger partial charge in [0.05, 0.1) is 0 Å². The summed E-state index contributed by atoms with van der Waals surface area (Å²) in [6.45, 7) is 11.7. The number of imidazole rings is 1. The molecule has 0 atom stereocenters. The molecule has 1 N–H and O–H groups in total. The van der Waals surface area contributed by atoms with E-state index in [9.17, 15) is 9.59 Å². The monoisotopic (exact) mass is 568 g/mol. The molecule has 0 aliphatic heterocycles. The Bertz CT molecular complexity index is 1760. The van der Waals surface area contributed by atoms with Gasteiger partial charge in [0, 0.05) is 31.6 Å². The molecule has 10 nitrogen and oxygen atoms in total. The lowest BCUT2D eigenvalue weighted by Crippen LogP contribution is -2.42. The fourth-order valence-corrected chi connectivity index (χ4v) is 5.47. The van der Waals surface area contributed by atoms with Crippen molar-refractivity contribution in [2.45, 2.75) is 79.9 Å². The number of H-pyrrole nitrogens is 1. The van der Waals surface area contributed by atoms with Crippen molar-refractivity contribution in [2.75, 3.05) is 0 Å². The van der Waals surface area contributed by atoms with Crippen LogP contribution in [0.2, 0.25) is 0 Å². The number of aromatic amines is 1. The van der Waals surface area contributed by atoms with Crippen molar-refractivity contribution >= 4 is 11.2 Å². The van der Waals surface area contributed by atoms with E-state index in [0.717, 1.165) is 53.8 Å². The first-order chi connectivity index (χ1) is 20.3. The molecule has 5 rings (SSSR count). The van der Waals surface area contributed by atoms with Gasteiger partial charge in [0.2, 0.25) is 0 Å². The molecule has 5 aromatic rings. The summed E-state index contributed by atoms with van der Waals surface area (Å²) in [7, 11) is 0. The van der Waals surface area contributed by atoms with Gasteiger partial charge in [-0.05, 0) is 45.4 Å². The number of unbranched alkanes of at least 4 members (excludes halogenated alkanes) is 2. The molecule has 0 aliphatic carbocycles. The van der Waals surface area contributed by atoms with Gasteiger partial charge >= 0.3 is 5.69 Å². The van der Waals surface area contributed by atoms with Crippen LogP contribution in [0, 0.1) is 11.8 Å². The molecular weight excluding hydrogens is 528 g/mol. The summed E-state index contributed by atoms with van der Waals surface area (Å²) in [4.78, 5) is 32.5. The largest absolute Gasteiger partial charge is 0.332 e. The second-order valence-electron chi connectivity index (χ2n) is 11.8. The maximum atomic E-state index is 13.9. The SMILES string of the molecule is CCCCCc1nc2c(c(=O)n(CC(C)C)c(=O)n2CC(C)C)n1Cc1ccc(-c2ccccc2-c2nnn[nH]2)cc1. The molecule has 10 heteroatoms. The van der Waals surface area contributed by atoms with E-state index < -0.39 is 0 Å². The third-order valence-electron chi connectivity index (χ3n) is 7.43. The van der Waals surface area contributed by atoms with Crippen molar-refractivity contribution < 1.29 is 0 Å². The summed E-state index contributed by atoms with van der Waals surface area (Å²) in [5.74, 6) is 1.85. The highest BCUT2D eigenvalue weighted by Crippen LogP contribution is 2.30. The summed E-state index contributed by atoms with van der Waals surface area (Å²) >= 11 is 0. The average molecular weight is 569 g/mol. The predicted octanol–water partition coefficient (Wildman–Crippen LogP) is 5.30. The number of aromatic nitrogens is 8. The molecule has 0 fully saturated rings. The molecule has 0 bridgehead atoms. The van der Waals surface area contributed by atoms with Crippen molar-refractivity contribution in [1.82, 2.24) is 39.3 Å². The fourth-order valence-electron chi connectivity index (χ4n) is 5.47. The summed E-state index contributed by atoms with van der Waals surface area (Å²) in [5.41, 5.74) is 4.49. The quantitative estimate of drug-likeness (QED) is 0.204. The van der Waals surface area contributed by atoms with Crippen molar-refractivity contribution in [3.8, 4) is 22.5 Å². The maximum Gasteiger partial charge on any atom is 0.332 e. The molecule has 0 saturated heterocycles. The lowest BCUT2D eigenvalue weighted by atomic mass is 9.98. The Morgan fingerprint density at radius 3 is 2.17 bits per heavy atom. The van der Waals surface area contributed by atoms with E-state index in [-0.39, 0.29) is 23.1 Å². The Labute approximate surface area is 245 Å². The third-order valence-corrected chi connectivity index (χ3v) is 7.43. The minimum atomic E-state index is -0.273. The number of tetrazole rings is 1. The van der Waals surface area contributed by atoms with E-state index in [1.54, 1.807) is 4.57 Å². The Balaban J connectivity index is 1.60. The zero-order valence-electron chi connectivity index (χ0n) is 25.2. The number of aryl methyl sites for hydroxylation is 1. The van der Waals surface area contributed by atoms with Crippen molar-refractivity contribution in [2.24, 2.45) is 11.8 Å². The van der Waals surface area contributed by atoms with E-state index >= 15 is 0 Å². The minimum absolute atomic E-state index is 0.156. The topological polar surface area (TPSA) is 116 Å². The summed E-state index contributed by atoms with van der Waals surface area (Å²) < 4.78 is 5.16. The zero-order valence-corrected chi connectivity index (χ0v) is 25.2. The molecule has 220 valence electrons. The van der Waals surface area contributed by atoms with Crippen molar-refractivity contribution in [1.29, 1.82) is 0 Å². The first-order valence-electron chi connectivity index (χ1n) is 14.9. The molecule has 0 saturated carbocycles. The van der Waals surface area contributed by atoms with Crippen LogP contribution in [0.25, 0.3) is 33.7 Å². The second-order valence-corrected chi connectivity index (χ2v) is 11.8. The van der Waals surface area contributed by atoms with Crippen LogP contribution in [0.5, 0.6) is 0 Å². The predicted molar refractivity (Wildman–Crippen MR) is 165 cm³/mol. The Morgan fingerprint density at radius 1 is 0.833 bits per heavy atom. The second kappa shape index (κ2) is 12.7. The Kier molecular flexibility index (Phi) is 8.80. The van der Waals surface area contributed by atoms with Crippen LogP contribution in [-0.4, -0.2) is 39.3 Å². The summed E-state index contributed by atoms with van der Waals surface area (Å²) in [6, 6.07) is 16.3. The van der Waals surface area contributed by atoms with Gasteiger partial charge in [0.1, 0.15) is 5.82 Å². The van der Waals surface area contributed by atoms with Gasteiger partial charge in [-0.25, -0.2) is 14.9 Å². The summed E-state index contributed by atoms with van der Waals surface area (Å²) in [6.07, 6.45) is 3.89. The molecule has 3 aromatic heterocycles. The first-order valence-corrected chi connectivity index (χ1v) is 14.9. The van der Waals surface area contributed by atoms with Crippen LogP contribution in [0.1, 0.15) is 65.3 Å². The normalized spacial score (nSPS) is 11.8. The molecule has 0 aliphatic rings. The lowest BCUT2D eigenvalue weighted by Gasteiger charge is -2.15. The van der Waals surface area contributed by atoms with Gasteiger partial charge in [0.15, 0.2) is 17.0 Å². The highest BCUT2D eigenvalue weighted by atomic mass is 16.2. The van der Waals surface area contributed by atoms with Gasteiger partial charge in [-0.1, -0.05) is 96.0 Å². The van der Waals surface area contributed by atoms with Gasteiger partial charge in [-0.2, -0.15) is 0 Å². The molecule has 0 amide bonds. The van der Waals surface area contributed by atoms with Crippen LogP contribution >= 0.6 is 0 Å². The van der Waals surface area contributed by atoms with Crippen LogP contribution in [-0.2, 0) is 26.1 Å². The highest BCUT2D eigenvalue weighted by molar-refractivity contribution is 5.80. The van der Waals surface area contributed by atoms with E-state index in [0.29, 0.717) is 36.6 Å². The maximum absolute atomic E-state index is 13.9. The number of hydrogen-bond donors (Lipinski definition) is 1. The zero-order chi connectivity index (χ0) is 29.8. The van der Waals surface area contributed by atoms with Gasteiger partial charge in [-0.3, -0.25) is 13.9 Å². The third kappa shape index (κ3) is 5.98. The van der Waals surface area contributed by atoms with E-state index in [1.807, 2.05) is 42.7 Å². The smallest absolute Gasteiger partial charge is 0.318 e. The number of nitrogens with one attached hydrogen (secondary N) is 1. The Morgan fingerprint density at radius 2 is 1.52 bits per heavy atom. The number of fused-ring (bicyclic) bond motifs is 1. The minimum Gasteiger partial charge on any atom is -0.318 e. The standard InChI is InChI=1S/C32H40N8O2/c1-6-7-8-13-27-33-30-28(31(41)40(19-22(4)5)32(42)39(30)18-21(2)3)38(27)20-23-14-16-24(17-15-23)25-11-9-10-12-26(25)29-34-36-37-35-29/h9-12,14-17,21-22H,6-8,13,18-20H2,1-5H3,(H,34,35,36,37). The molecule has 3 heterocycles. The number of benzene rings is 2. The number of hydrogen-bond acceptors (Lipinski definition) is 6. The number of rotatable bonds is 12. The first kappa shape index (κ1) is 29.2. The summed E-state index contributed by atoms with van der Waals surface area (Å²) in [5, 5.41) is 14.4. The molecular formula is C32H40N8O2. The fraction of sp³-hybridized carbons (Fsp3) is 0.438. The van der Waals surface area contributed by atoms with Crippen LogP contribution in [0.15, 0.2) is 58.1 Å². The van der Waals surface area contributed by atoms with E-state index in [2.05, 4.69) is 65.7 Å². The average Bonchev–Trinajstić information content (AvgIpc) is 3.63. The van der Waals surface area contributed by atoms with Crippen LogP contribution in [0.3, 0.4) is 0 Å². The van der Waals surface area contributed by atoms with Gasteiger partial charge in [-0.15, -0.1) is 5.10 Å². The van der Waals surface area contributed by atoms with Crippen molar-refractivity contribution in [3.05, 3.63) is 80.8 Å². The van der Waals surface area contributed by atoms with Gasteiger partial charge < -0.3 is 4.57 Å². The number of nitrogens with zero attached hydrogens (tertiary/aromatic N) is 7. The van der Waals surface area contributed by atoms with E-state index in [4.69, 9.17) is 4.98 Å². The molecule has 2 aromatic carbocycles. The van der Waals surface area contributed by atoms with Gasteiger partial charge in [0.25, 0.3) is 5.56 Å².